The molecule has 0 aromatic heterocycles. The number of carbonyl (C=O) groups excluding carboxylic acids is 3. The Labute approximate surface area is 144 Å². The number of nitrogens with one attached hydrogen (secondary N) is 1. The summed E-state index contributed by atoms with van der Waals surface area (Å²) in [6.45, 7) is 0.0729. The van der Waals surface area contributed by atoms with Gasteiger partial charge >= 0.3 is 0 Å². The van der Waals surface area contributed by atoms with E-state index in [9.17, 15) is 24.5 Å². The van der Waals surface area contributed by atoms with Gasteiger partial charge in [-0.25, -0.2) is 0 Å². The number of non-ortho nitro benzene ring substituents is 1. The summed E-state index contributed by atoms with van der Waals surface area (Å²) < 4.78 is 0. The number of benzene rings is 1. The van der Waals surface area contributed by atoms with E-state index in [4.69, 9.17) is 0 Å². The molecule has 0 unspecified atom stereocenters. The van der Waals surface area contributed by atoms with Crippen molar-refractivity contribution in [1.29, 1.82) is 0 Å². The third-order valence-electron chi connectivity index (χ3n) is 4.86. The third kappa shape index (κ3) is 3.52. The number of imide groups is 1. The fourth-order valence-electron chi connectivity index (χ4n) is 3.55. The predicted molar refractivity (Wildman–Crippen MR) is 88.5 cm³/mol. The first-order chi connectivity index (χ1) is 12.0. The maximum absolute atomic E-state index is 12.3. The number of carbonyl (C=O) groups is 3. The Morgan fingerprint density at radius 1 is 1.12 bits per heavy atom. The number of nitro benzene ring substituents is 1. The number of amides is 3. The number of rotatable bonds is 5. The van der Waals surface area contributed by atoms with E-state index in [1.807, 2.05) is 0 Å². The van der Waals surface area contributed by atoms with Gasteiger partial charge in [0.1, 0.15) is 0 Å². The zero-order chi connectivity index (χ0) is 18.0. The quantitative estimate of drug-likeness (QED) is 0.499. The van der Waals surface area contributed by atoms with Gasteiger partial charge in [-0.1, -0.05) is 12.8 Å². The highest BCUT2D eigenvalue weighted by molar-refractivity contribution is 6.05. The van der Waals surface area contributed by atoms with Crippen molar-refractivity contribution in [2.45, 2.75) is 32.1 Å². The van der Waals surface area contributed by atoms with Crippen LogP contribution in [0.3, 0.4) is 0 Å². The van der Waals surface area contributed by atoms with Crippen molar-refractivity contribution in [3.8, 4) is 0 Å². The monoisotopic (exact) mass is 345 g/mol. The molecule has 2 fully saturated rings. The lowest BCUT2D eigenvalue weighted by Crippen LogP contribution is -2.34. The molecule has 2 aliphatic rings. The molecule has 1 heterocycles. The van der Waals surface area contributed by atoms with Crippen molar-refractivity contribution in [1.82, 2.24) is 4.90 Å². The van der Waals surface area contributed by atoms with Gasteiger partial charge in [0.25, 0.3) is 5.69 Å². The Morgan fingerprint density at radius 2 is 1.68 bits per heavy atom. The van der Waals surface area contributed by atoms with Crippen molar-refractivity contribution in [3.05, 3.63) is 34.4 Å². The van der Waals surface area contributed by atoms with Crippen LogP contribution in [-0.2, 0) is 14.4 Å². The second kappa shape index (κ2) is 7.00. The molecule has 1 N–H and O–H groups in total. The minimum Gasteiger partial charge on any atom is -0.326 e. The smallest absolute Gasteiger partial charge is 0.269 e. The Bertz CT molecular complexity index is 691. The zero-order valence-corrected chi connectivity index (χ0v) is 13.6. The lowest BCUT2D eigenvalue weighted by molar-refractivity contribution is -0.384. The van der Waals surface area contributed by atoms with Crippen LogP contribution in [-0.4, -0.2) is 34.1 Å². The van der Waals surface area contributed by atoms with Crippen molar-refractivity contribution >= 4 is 29.1 Å². The van der Waals surface area contributed by atoms with Gasteiger partial charge in [0.15, 0.2) is 0 Å². The van der Waals surface area contributed by atoms with Gasteiger partial charge in [0.05, 0.1) is 16.8 Å². The number of likely N-dealkylation sites (tertiary alicyclic amines) is 1. The van der Waals surface area contributed by atoms with Gasteiger partial charge in [-0.05, 0) is 25.0 Å². The topological polar surface area (TPSA) is 110 Å². The minimum atomic E-state index is -0.518. The van der Waals surface area contributed by atoms with Crippen LogP contribution in [0.1, 0.15) is 32.1 Å². The maximum Gasteiger partial charge on any atom is 0.269 e. The summed E-state index contributed by atoms with van der Waals surface area (Å²) in [5.74, 6) is -1.07. The van der Waals surface area contributed by atoms with E-state index in [0.717, 1.165) is 25.7 Å². The van der Waals surface area contributed by atoms with E-state index in [0.29, 0.717) is 5.69 Å². The van der Waals surface area contributed by atoms with Crippen LogP contribution in [0, 0.1) is 22.0 Å². The zero-order valence-electron chi connectivity index (χ0n) is 13.6. The van der Waals surface area contributed by atoms with Gasteiger partial charge in [0.2, 0.25) is 17.7 Å². The fourth-order valence-corrected chi connectivity index (χ4v) is 3.55. The van der Waals surface area contributed by atoms with Gasteiger partial charge in [-0.15, -0.1) is 0 Å². The molecule has 2 atom stereocenters. The van der Waals surface area contributed by atoms with Gasteiger partial charge in [-0.3, -0.25) is 29.4 Å². The van der Waals surface area contributed by atoms with E-state index in [1.54, 1.807) is 0 Å². The lowest BCUT2D eigenvalue weighted by Gasteiger charge is -2.19. The SMILES string of the molecule is O=C(CCN1C(=O)[C@@H]2CCCC[C@H]2C1=O)Nc1ccc([N+](=O)[O-])cc1. The Morgan fingerprint density at radius 3 is 2.20 bits per heavy atom. The first-order valence-electron chi connectivity index (χ1n) is 8.37. The number of anilines is 1. The average molecular weight is 345 g/mol. The second-order valence-electron chi connectivity index (χ2n) is 6.43. The number of hydrogen-bond donors (Lipinski definition) is 1. The number of nitro groups is 1. The summed E-state index contributed by atoms with van der Waals surface area (Å²) in [4.78, 5) is 48.0. The van der Waals surface area contributed by atoms with Gasteiger partial charge < -0.3 is 5.32 Å². The molecule has 0 bridgehead atoms. The molecular weight excluding hydrogens is 326 g/mol. The van der Waals surface area contributed by atoms with E-state index in [-0.39, 0.29) is 48.2 Å². The molecule has 1 aromatic carbocycles. The Balaban J connectivity index is 1.54. The fraction of sp³-hybridized carbons (Fsp3) is 0.471. The summed E-state index contributed by atoms with van der Waals surface area (Å²) in [6.07, 6.45) is 3.44. The van der Waals surface area contributed by atoms with E-state index in [1.165, 1.54) is 29.2 Å². The molecule has 1 aliphatic heterocycles. The molecule has 1 saturated heterocycles. The molecule has 8 nitrogen and oxygen atoms in total. The maximum atomic E-state index is 12.3. The lowest BCUT2D eigenvalue weighted by atomic mass is 9.81. The summed E-state index contributed by atoms with van der Waals surface area (Å²) in [6, 6.07) is 5.48. The molecular formula is C17H19N3O5. The van der Waals surface area contributed by atoms with E-state index >= 15 is 0 Å². The highest BCUT2D eigenvalue weighted by Crippen LogP contribution is 2.37. The van der Waals surface area contributed by atoms with Crippen molar-refractivity contribution in [2.75, 3.05) is 11.9 Å². The molecule has 1 aromatic rings. The summed E-state index contributed by atoms with van der Waals surface area (Å²) in [7, 11) is 0. The van der Waals surface area contributed by atoms with Crippen LogP contribution in [0.4, 0.5) is 11.4 Å². The second-order valence-corrected chi connectivity index (χ2v) is 6.43. The van der Waals surface area contributed by atoms with Crippen LogP contribution < -0.4 is 5.32 Å². The summed E-state index contributed by atoms with van der Waals surface area (Å²) >= 11 is 0. The Hall–Kier alpha value is -2.77. The van der Waals surface area contributed by atoms with Crippen molar-refractivity contribution in [2.24, 2.45) is 11.8 Å². The molecule has 8 heteroatoms. The molecule has 1 saturated carbocycles. The summed E-state index contributed by atoms with van der Waals surface area (Å²) in [5.41, 5.74) is 0.372. The number of nitrogens with zero attached hydrogens (tertiary/aromatic N) is 2. The molecule has 1 aliphatic carbocycles. The standard InChI is InChI=1S/C17H19N3O5/c21-15(18-11-5-7-12(8-6-11)20(24)25)9-10-19-16(22)13-3-1-2-4-14(13)17(19)23/h5-8,13-14H,1-4,9-10H2,(H,18,21)/t13-,14-/m1/s1. The molecule has 132 valence electrons. The van der Waals surface area contributed by atoms with Crippen molar-refractivity contribution < 1.29 is 19.3 Å². The largest absolute Gasteiger partial charge is 0.326 e. The number of fused-ring (bicyclic) bond motifs is 1. The van der Waals surface area contributed by atoms with Gasteiger partial charge in [-0.2, -0.15) is 0 Å². The van der Waals surface area contributed by atoms with Crippen LogP contribution in [0.15, 0.2) is 24.3 Å². The van der Waals surface area contributed by atoms with E-state index < -0.39 is 4.92 Å². The van der Waals surface area contributed by atoms with Crippen LogP contribution in [0.25, 0.3) is 0 Å². The first kappa shape index (κ1) is 17.1. The first-order valence-corrected chi connectivity index (χ1v) is 8.37. The molecule has 25 heavy (non-hydrogen) atoms. The van der Waals surface area contributed by atoms with Crippen LogP contribution in [0.2, 0.25) is 0 Å². The highest BCUT2D eigenvalue weighted by atomic mass is 16.6. The third-order valence-corrected chi connectivity index (χ3v) is 4.86. The molecule has 0 radical (unpaired) electrons. The average Bonchev–Trinajstić information content (AvgIpc) is 2.85. The van der Waals surface area contributed by atoms with Crippen LogP contribution >= 0.6 is 0 Å². The highest BCUT2D eigenvalue weighted by Gasteiger charge is 2.47. The molecule has 0 spiro atoms. The Kier molecular flexibility index (Phi) is 4.78. The number of hydrogen-bond acceptors (Lipinski definition) is 5. The van der Waals surface area contributed by atoms with E-state index in [2.05, 4.69) is 5.32 Å². The molecule has 3 amide bonds. The molecule has 3 rings (SSSR count). The predicted octanol–water partition coefficient (Wildman–Crippen LogP) is 2.10. The van der Waals surface area contributed by atoms with Crippen molar-refractivity contribution in [3.63, 3.8) is 0 Å². The van der Waals surface area contributed by atoms with Crippen LogP contribution in [0.5, 0.6) is 0 Å². The van der Waals surface area contributed by atoms with Gasteiger partial charge in [0, 0.05) is 30.8 Å². The summed E-state index contributed by atoms with van der Waals surface area (Å²) in [5, 5.41) is 13.2. The minimum absolute atomic E-state index is 0.00784. The normalized spacial score (nSPS) is 22.6.